The van der Waals surface area contributed by atoms with Gasteiger partial charge in [0.1, 0.15) is 6.33 Å². The summed E-state index contributed by atoms with van der Waals surface area (Å²) in [6.07, 6.45) is 1.75. The minimum absolute atomic E-state index is 0.671. The van der Waals surface area contributed by atoms with Crippen molar-refractivity contribution in [1.82, 2.24) is 14.8 Å². The number of fused-ring (bicyclic) bond motifs is 1. The monoisotopic (exact) mass is 265 g/mol. The lowest BCUT2D eigenvalue weighted by Gasteiger charge is -2.03. The van der Waals surface area contributed by atoms with Crippen molar-refractivity contribution in [2.24, 2.45) is 0 Å². The second-order valence-corrected chi connectivity index (χ2v) is 5.63. The normalized spacial score (nSPS) is 11.4. The third-order valence-electron chi connectivity index (χ3n) is 2.51. The van der Waals surface area contributed by atoms with E-state index in [9.17, 15) is 0 Å². The molecule has 3 aromatic rings. The van der Waals surface area contributed by atoms with Crippen LogP contribution in [0, 0.1) is 0 Å². The average Bonchev–Trinajstić information content (AvgIpc) is 2.99. The highest BCUT2D eigenvalue weighted by molar-refractivity contribution is 7.28. The summed E-state index contributed by atoms with van der Waals surface area (Å²) in [4.78, 5) is 1.17. The minimum Gasteiger partial charge on any atom is -0.383 e. The van der Waals surface area contributed by atoms with E-state index in [2.05, 4.69) is 27.7 Å². The van der Waals surface area contributed by atoms with E-state index < -0.39 is 0 Å². The molecule has 0 amide bonds. The van der Waals surface area contributed by atoms with E-state index >= 15 is 0 Å². The highest BCUT2D eigenvalue weighted by atomic mass is 32.1. The lowest BCUT2D eigenvalue weighted by molar-refractivity contribution is 0.187. The van der Waals surface area contributed by atoms with Gasteiger partial charge in [-0.05, 0) is 17.5 Å². The maximum Gasteiger partial charge on any atom is 0.173 e. The smallest absolute Gasteiger partial charge is 0.173 e. The third kappa shape index (κ3) is 1.99. The summed E-state index contributed by atoms with van der Waals surface area (Å²) in [5.41, 5.74) is 0. The molecule has 0 saturated heterocycles. The molecule has 0 unspecified atom stereocenters. The first kappa shape index (κ1) is 10.9. The third-order valence-corrected chi connectivity index (χ3v) is 4.60. The molecule has 0 aromatic carbocycles. The Bertz CT molecular complexity index is 597. The van der Waals surface area contributed by atoms with E-state index in [0.717, 1.165) is 12.4 Å². The standard InChI is InChI=1S/C11H11N3OS2/c1-15-4-3-14-7-12-13-11(14)10-6-9-8(17-10)2-5-16-9/h2,5-7H,3-4H2,1H3. The number of rotatable bonds is 4. The highest BCUT2D eigenvalue weighted by Gasteiger charge is 2.11. The molecule has 17 heavy (non-hydrogen) atoms. The molecule has 0 radical (unpaired) electrons. The molecule has 0 N–H and O–H groups in total. The molecule has 0 aliphatic carbocycles. The first-order chi connectivity index (χ1) is 8.38. The van der Waals surface area contributed by atoms with Gasteiger partial charge < -0.3 is 9.30 Å². The molecule has 0 spiro atoms. The summed E-state index contributed by atoms with van der Waals surface area (Å²) >= 11 is 3.51. The Morgan fingerprint density at radius 1 is 1.41 bits per heavy atom. The quantitative estimate of drug-likeness (QED) is 0.728. The zero-order valence-corrected chi connectivity index (χ0v) is 10.9. The number of nitrogens with zero attached hydrogens (tertiary/aromatic N) is 3. The van der Waals surface area contributed by atoms with Crippen LogP contribution in [0.2, 0.25) is 0 Å². The number of hydrogen-bond donors (Lipinski definition) is 0. The SMILES string of the molecule is COCCn1cnnc1-c1cc2sccc2s1. The van der Waals surface area contributed by atoms with Crippen molar-refractivity contribution in [3.8, 4) is 10.7 Å². The largest absolute Gasteiger partial charge is 0.383 e. The van der Waals surface area contributed by atoms with Crippen LogP contribution in [0.3, 0.4) is 0 Å². The van der Waals surface area contributed by atoms with E-state index in [1.54, 1.807) is 36.1 Å². The summed E-state index contributed by atoms with van der Waals surface area (Å²) < 4.78 is 9.73. The molecule has 3 rings (SSSR count). The molecule has 4 nitrogen and oxygen atoms in total. The molecule has 0 saturated carbocycles. The molecular weight excluding hydrogens is 254 g/mol. The Morgan fingerprint density at radius 3 is 3.18 bits per heavy atom. The lowest BCUT2D eigenvalue weighted by atomic mass is 10.4. The highest BCUT2D eigenvalue weighted by Crippen LogP contribution is 2.35. The Morgan fingerprint density at radius 2 is 2.35 bits per heavy atom. The predicted molar refractivity (Wildman–Crippen MR) is 70.6 cm³/mol. The molecule has 3 heterocycles. The van der Waals surface area contributed by atoms with Crippen LogP contribution in [0.1, 0.15) is 0 Å². The first-order valence-electron chi connectivity index (χ1n) is 5.22. The Kier molecular flexibility index (Phi) is 2.92. The fraction of sp³-hybridized carbons (Fsp3) is 0.273. The van der Waals surface area contributed by atoms with E-state index in [1.807, 2.05) is 4.57 Å². The van der Waals surface area contributed by atoms with Crippen LogP contribution >= 0.6 is 22.7 Å². The Balaban J connectivity index is 1.97. The van der Waals surface area contributed by atoms with Crippen molar-refractivity contribution in [3.05, 3.63) is 23.8 Å². The maximum absolute atomic E-state index is 5.08. The second kappa shape index (κ2) is 4.56. The lowest BCUT2D eigenvalue weighted by Crippen LogP contribution is -2.04. The molecule has 88 valence electrons. The Labute approximate surface area is 106 Å². The molecular formula is C11H11N3OS2. The van der Waals surface area contributed by atoms with Crippen molar-refractivity contribution in [1.29, 1.82) is 0 Å². The van der Waals surface area contributed by atoms with Crippen molar-refractivity contribution >= 4 is 32.1 Å². The van der Waals surface area contributed by atoms with Crippen LogP contribution in [0.5, 0.6) is 0 Å². The minimum atomic E-state index is 0.671. The topological polar surface area (TPSA) is 39.9 Å². The zero-order valence-electron chi connectivity index (χ0n) is 9.29. The van der Waals surface area contributed by atoms with E-state index in [0.29, 0.717) is 6.61 Å². The molecule has 3 aromatic heterocycles. The van der Waals surface area contributed by atoms with Gasteiger partial charge in [0.15, 0.2) is 5.82 Å². The van der Waals surface area contributed by atoms with E-state index in [1.165, 1.54) is 14.3 Å². The van der Waals surface area contributed by atoms with E-state index in [-0.39, 0.29) is 0 Å². The summed E-state index contributed by atoms with van der Waals surface area (Å²) in [5, 5.41) is 10.3. The molecule has 0 fully saturated rings. The van der Waals surface area contributed by atoms with Gasteiger partial charge in [-0.25, -0.2) is 0 Å². The van der Waals surface area contributed by atoms with Gasteiger partial charge in [0.05, 0.1) is 11.5 Å². The summed E-state index contributed by atoms with van der Waals surface area (Å²) in [5.74, 6) is 0.926. The van der Waals surface area contributed by atoms with Gasteiger partial charge in [-0.2, -0.15) is 0 Å². The fourth-order valence-electron chi connectivity index (χ4n) is 1.68. The van der Waals surface area contributed by atoms with Gasteiger partial charge in [0, 0.05) is 23.1 Å². The van der Waals surface area contributed by atoms with Crippen LogP contribution in [0.4, 0.5) is 0 Å². The van der Waals surface area contributed by atoms with Crippen molar-refractivity contribution in [2.45, 2.75) is 6.54 Å². The number of ether oxygens (including phenoxy) is 1. The first-order valence-corrected chi connectivity index (χ1v) is 6.92. The predicted octanol–water partition coefficient (Wildman–Crippen LogP) is 2.87. The van der Waals surface area contributed by atoms with Crippen LogP contribution in [0.15, 0.2) is 23.8 Å². The van der Waals surface area contributed by atoms with Crippen molar-refractivity contribution in [3.63, 3.8) is 0 Å². The Hall–Kier alpha value is -1.24. The molecule has 6 heteroatoms. The van der Waals surface area contributed by atoms with E-state index in [4.69, 9.17) is 4.74 Å². The van der Waals surface area contributed by atoms with Gasteiger partial charge in [0.25, 0.3) is 0 Å². The molecule has 0 aliphatic rings. The van der Waals surface area contributed by atoms with Crippen molar-refractivity contribution < 1.29 is 4.74 Å². The zero-order chi connectivity index (χ0) is 11.7. The van der Waals surface area contributed by atoms with Gasteiger partial charge in [-0.1, -0.05) is 0 Å². The number of thiophene rings is 2. The summed E-state index contributed by atoms with van der Waals surface area (Å²) in [7, 11) is 1.70. The number of aromatic nitrogens is 3. The number of methoxy groups -OCH3 is 1. The van der Waals surface area contributed by atoms with Gasteiger partial charge in [0.2, 0.25) is 0 Å². The number of hydrogen-bond acceptors (Lipinski definition) is 5. The summed E-state index contributed by atoms with van der Waals surface area (Å²) in [6.45, 7) is 1.45. The molecule has 0 aliphatic heterocycles. The molecule has 0 bridgehead atoms. The second-order valence-electron chi connectivity index (χ2n) is 3.60. The fourth-order valence-corrected chi connectivity index (χ4v) is 3.78. The maximum atomic E-state index is 5.08. The van der Waals surface area contributed by atoms with Crippen molar-refractivity contribution in [2.75, 3.05) is 13.7 Å². The van der Waals surface area contributed by atoms with Crippen LogP contribution in [-0.2, 0) is 11.3 Å². The van der Waals surface area contributed by atoms with Crippen LogP contribution < -0.4 is 0 Å². The van der Waals surface area contributed by atoms with Gasteiger partial charge in [-0.15, -0.1) is 32.9 Å². The van der Waals surface area contributed by atoms with Crippen LogP contribution in [-0.4, -0.2) is 28.5 Å². The summed E-state index contributed by atoms with van der Waals surface area (Å²) in [6, 6.07) is 4.32. The molecule has 0 atom stereocenters. The van der Waals surface area contributed by atoms with Gasteiger partial charge in [-0.3, -0.25) is 0 Å². The average molecular weight is 265 g/mol. The van der Waals surface area contributed by atoms with Gasteiger partial charge >= 0.3 is 0 Å². The van der Waals surface area contributed by atoms with Crippen LogP contribution in [0.25, 0.3) is 20.1 Å².